The molecule has 35 heavy (non-hydrogen) atoms. The summed E-state index contributed by atoms with van der Waals surface area (Å²) in [4.78, 5) is 8.66. The molecule has 0 atom stereocenters. The van der Waals surface area contributed by atoms with E-state index >= 15 is 0 Å². The van der Waals surface area contributed by atoms with Gasteiger partial charge in [-0.2, -0.15) is 28.0 Å². The Bertz CT molecular complexity index is 1890. The van der Waals surface area contributed by atoms with Crippen LogP contribution in [0.3, 0.4) is 0 Å². The van der Waals surface area contributed by atoms with Crippen LogP contribution in [-0.4, -0.2) is 41.8 Å². The zero-order chi connectivity index (χ0) is 24.2. The number of nitrogens with zero attached hydrogens (tertiary/aromatic N) is 8. The largest absolute Gasteiger partial charge is 0.301 e. The highest BCUT2D eigenvalue weighted by atomic mass is 32.2. The van der Waals surface area contributed by atoms with E-state index in [1.54, 1.807) is 54.6 Å². The van der Waals surface area contributed by atoms with Gasteiger partial charge in [0.1, 0.15) is 16.7 Å². The first-order chi connectivity index (χ1) is 16.9. The lowest BCUT2D eigenvalue weighted by Gasteiger charge is -2.08. The summed E-state index contributed by atoms with van der Waals surface area (Å²) in [5.74, 6) is 0. The molecule has 0 amide bonds. The van der Waals surface area contributed by atoms with Crippen LogP contribution in [0.1, 0.15) is 5.56 Å². The summed E-state index contributed by atoms with van der Waals surface area (Å²) in [6, 6.07) is 14.5. The Kier molecular flexibility index (Phi) is 4.51. The molecule has 10 nitrogen and oxygen atoms in total. The minimum absolute atomic E-state index is 0.0280. The van der Waals surface area contributed by atoms with E-state index < -0.39 is 10.0 Å². The van der Waals surface area contributed by atoms with Crippen molar-refractivity contribution in [2.24, 2.45) is 7.05 Å². The van der Waals surface area contributed by atoms with Crippen molar-refractivity contribution in [3.05, 3.63) is 85.2 Å². The van der Waals surface area contributed by atoms with Gasteiger partial charge in [0, 0.05) is 36.8 Å². The van der Waals surface area contributed by atoms with E-state index in [1.807, 2.05) is 24.4 Å². The standard InChI is InChI=1S/C24H16N8O2S/c1-30-14-20(11-28-30)19-8-22-21(26-10-19)12-29-32(22)35(33,34)24-13-27-23-7-6-18(15-31(23)24)17-4-2-16(9-25)3-5-17/h2-8,10-15H,1H3. The number of hydrogen-bond donors (Lipinski definition) is 0. The quantitative estimate of drug-likeness (QED) is 0.379. The van der Waals surface area contributed by atoms with Crippen LogP contribution < -0.4 is 0 Å². The van der Waals surface area contributed by atoms with E-state index in [1.165, 1.54) is 16.8 Å². The second-order valence-corrected chi connectivity index (χ2v) is 9.67. The number of fused-ring (bicyclic) bond motifs is 2. The lowest BCUT2D eigenvalue weighted by molar-refractivity contribution is 0.577. The van der Waals surface area contributed by atoms with E-state index in [4.69, 9.17) is 5.26 Å². The first-order valence-corrected chi connectivity index (χ1v) is 11.9. The fourth-order valence-electron chi connectivity index (χ4n) is 3.95. The number of nitriles is 1. The first-order valence-electron chi connectivity index (χ1n) is 10.5. The van der Waals surface area contributed by atoms with Gasteiger partial charge in [-0.05, 0) is 41.5 Å². The number of hydrogen-bond acceptors (Lipinski definition) is 7. The Morgan fingerprint density at radius 2 is 1.63 bits per heavy atom. The molecule has 0 N–H and O–H groups in total. The van der Waals surface area contributed by atoms with Crippen molar-refractivity contribution in [3.8, 4) is 28.3 Å². The Morgan fingerprint density at radius 3 is 2.37 bits per heavy atom. The highest BCUT2D eigenvalue weighted by Crippen LogP contribution is 2.27. The molecule has 6 aromatic rings. The molecule has 0 radical (unpaired) electrons. The average molecular weight is 481 g/mol. The van der Waals surface area contributed by atoms with Gasteiger partial charge in [-0.1, -0.05) is 12.1 Å². The molecule has 0 spiro atoms. The van der Waals surface area contributed by atoms with Crippen LogP contribution in [0.15, 0.2) is 84.7 Å². The van der Waals surface area contributed by atoms with E-state index in [0.29, 0.717) is 22.2 Å². The van der Waals surface area contributed by atoms with Crippen LogP contribution in [0.4, 0.5) is 0 Å². The molecule has 1 aromatic carbocycles. The number of aromatic nitrogens is 7. The molecule has 0 fully saturated rings. The van der Waals surface area contributed by atoms with Gasteiger partial charge in [0.05, 0.1) is 30.2 Å². The molecule has 5 aromatic heterocycles. The third-order valence-electron chi connectivity index (χ3n) is 5.74. The Labute approximate surface area is 199 Å². The predicted molar refractivity (Wildman–Crippen MR) is 128 cm³/mol. The maximum atomic E-state index is 13.7. The number of imidazole rings is 1. The van der Waals surface area contributed by atoms with Crippen molar-refractivity contribution < 1.29 is 8.42 Å². The molecule has 170 valence electrons. The van der Waals surface area contributed by atoms with E-state index in [-0.39, 0.29) is 5.03 Å². The normalized spacial score (nSPS) is 11.8. The number of rotatable bonds is 4. The van der Waals surface area contributed by atoms with Gasteiger partial charge in [-0.15, -0.1) is 0 Å². The zero-order valence-electron chi connectivity index (χ0n) is 18.3. The van der Waals surface area contributed by atoms with E-state index in [0.717, 1.165) is 26.3 Å². The van der Waals surface area contributed by atoms with Crippen LogP contribution in [0, 0.1) is 11.3 Å². The summed E-state index contributed by atoms with van der Waals surface area (Å²) in [5, 5.41) is 17.3. The maximum absolute atomic E-state index is 13.7. The highest BCUT2D eigenvalue weighted by molar-refractivity contribution is 7.90. The Hall–Kier alpha value is -4.82. The van der Waals surface area contributed by atoms with Crippen molar-refractivity contribution in [1.29, 1.82) is 5.26 Å². The average Bonchev–Trinajstić information content (AvgIpc) is 3.61. The summed E-state index contributed by atoms with van der Waals surface area (Å²) in [7, 11) is -2.30. The predicted octanol–water partition coefficient (Wildman–Crippen LogP) is 3.26. The molecule has 0 saturated carbocycles. The number of benzene rings is 1. The fraction of sp³-hybridized carbons (Fsp3) is 0.0417. The molecule has 0 saturated heterocycles. The van der Waals surface area contributed by atoms with Gasteiger partial charge in [-0.25, -0.2) is 4.98 Å². The Balaban J connectivity index is 1.48. The number of pyridine rings is 2. The summed E-state index contributed by atoms with van der Waals surface area (Å²) >= 11 is 0. The van der Waals surface area contributed by atoms with Crippen LogP contribution in [0.2, 0.25) is 0 Å². The lowest BCUT2D eigenvalue weighted by atomic mass is 10.1. The molecular weight excluding hydrogens is 464 g/mol. The van der Waals surface area contributed by atoms with Crippen molar-refractivity contribution in [2.45, 2.75) is 5.03 Å². The molecule has 0 unspecified atom stereocenters. The fourth-order valence-corrected chi connectivity index (χ4v) is 5.29. The zero-order valence-corrected chi connectivity index (χ0v) is 19.1. The highest BCUT2D eigenvalue weighted by Gasteiger charge is 2.25. The summed E-state index contributed by atoms with van der Waals surface area (Å²) in [6.45, 7) is 0. The molecule has 5 heterocycles. The third-order valence-corrected chi connectivity index (χ3v) is 7.31. The van der Waals surface area contributed by atoms with Gasteiger partial charge in [-0.3, -0.25) is 14.1 Å². The molecule has 0 bridgehead atoms. The second-order valence-electron chi connectivity index (χ2n) is 7.96. The van der Waals surface area contributed by atoms with Crippen LogP contribution in [-0.2, 0) is 17.1 Å². The van der Waals surface area contributed by atoms with Gasteiger partial charge in [0.15, 0.2) is 5.03 Å². The Morgan fingerprint density at radius 1 is 0.829 bits per heavy atom. The SMILES string of the molecule is Cn1cc(-c2cnc3cnn(S(=O)(=O)c4cnc5ccc(-c6ccc(C#N)cc6)cn45)c3c2)cn1. The summed E-state index contributed by atoms with van der Waals surface area (Å²) in [5.41, 5.74) is 4.99. The van der Waals surface area contributed by atoms with Crippen LogP contribution >= 0.6 is 0 Å². The van der Waals surface area contributed by atoms with Gasteiger partial charge < -0.3 is 0 Å². The van der Waals surface area contributed by atoms with Gasteiger partial charge in [0.2, 0.25) is 0 Å². The van der Waals surface area contributed by atoms with E-state index in [9.17, 15) is 8.42 Å². The third kappa shape index (κ3) is 3.35. The maximum Gasteiger partial charge on any atom is 0.301 e. The summed E-state index contributed by atoms with van der Waals surface area (Å²) in [6.07, 6.45) is 9.63. The molecule has 0 aliphatic carbocycles. The molecule has 11 heteroatoms. The molecular formula is C24H16N8O2S. The van der Waals surface area contributed by atoms with Crippen molar-refractivity contribution >= 4 is 26.7 Å². The van der Waals surface area contributed by atoms with Crippen molar-refractivity contribution in [2.75, 3.05) is 0 Å². The van der Waals surface area contributed by atoms with Gasteiger partial charge in [0.25, 0.3) is 0 Å². The van der Waals surface area contributed by atoms with Gasteiger partial charge >= 0.3 is 10.0 Å². The smallest absolute Gasteiger partial charge is 0.288 e. The number of aryl methyl sites for hydroxylation is 1. The topological polar surface area (TPSA) is 124 Å². The van der Waals surface area contributed by atoms with Crippen LogP contribution in [0.5, 0.6) is 0 Å². The van der Waals surface area contributed by atoms with E-state index in [2.05, 4.69) is 26.2 Å². The molecule has 6 rings (SSSR count). The van der Waals surface area contributed by atoms with Crippen molar-refractivity contribution in [1.82, 2.24) is 33.3 Å². The minimum Gasteiger partial charge on any atom is -0.288 e. The monoisotopic (exact) mass is 480 g/mol. The first kappa shape index (κ1) is 20.8. The van der Waals surface area contributed by atoms with Crippen molar-refractivity contribution in [3.63, 3.8) is 0 Å². The van der Waals surface area contributed by atoms with Crippen LogP contribution in [0.25, 0.3) is 38.9 Å². The minimum atomic E-state index is -4.11. The lowest BCUT2D eigenvalue weighted by Crippen LogP contribution is -2.16. The summed E-state index contributed by atoms with van der Waals surface area (Å²) < 4.78 is 31.6. The second kappa shape index (κ2) is 7.61. The molecule has 0 aliphatic heterocycles. The molecule has 0 aliphatic rings.